The molecule has 1 aromatic carbocycles. The first-order valence-corrected chi connectivity index (χ1v) is 22.4. The Kier molecular flexibility index (Phi) is 9.42. The first-order valence-electron chi connectivity index (χ1n) is 14.9. The SMILES string of the molecule is CC(C)S(=O)(=O)c1ccc(-c2cc(S(=O)(=O)N(COCC[Si](C)(C)C)C3(C#N)CC3)cc3c(-c4nnc(C(F)(F)F)s4)nn(C)c23)nc1. The summed E-state index contributed by atoms with van der Waals surface area (Å²) in [6.07, 6.45) is -2.99. The summed E-state index contributed by atoms with van der Waals surface area (Å²) in [4.78, 5) is 4.04. The molecule has 19 heteroatoms. The van der Waals surface area contributed by atoms with E-state index in [2.05, 4.69) is 46.0 Å². The van der Waals surface area contributed by atoms with Crippen molar-refractivity contribution in [2.24, 2.45) is 7.05 Å². The lowest BCUT2D eigenvalue weighted by Gasteiger charge is -2.27. The minimum atomic E-state index is -4.76. The van der Waals surface area contributed by atoms with Crippen LogP contribution in [0.5, 0.6) is 0 Å². The van der Waals surface area contributed by atoms with Crippen LogP contribution in [0.15, 0.2) is 40.3 Å². The summed E-state index contributed by atoms with van der Waals surface area (Å²) in [7, 11) is -8.13. The van der Waals surface area contributed by atoms with Crippen molar-refractivity contribution in [3.05, 3.63) is 35.5 Å². The van der Waals surface area contributed by atoms with Gasteiger partial charge in [-0.1, -0.05) is 31.0 Å². The molecule has 4 aromatic rings. The van der Waals surface area contributed by atoms with Gasteiger partial charge in [0.1, 0.15) is 18.0 Å². The van der Waals surface area contributed by atoms with Crippen LogP contribution in [0.3, 0.4) is 0 Å². The van der Waals surface area contributed by atoms with Gasteiger partial charge in [-0.3, -0.25) is 9.67 Å². The van der Waals surface area contributed by atoms with Crippen LogP contribution in [0.4, 0.5) is 13.2 Å². The molecule has 0 bridgehead atoms. The van der Waals surface area contributed by atoms with E-state index in [1.54, 1.807) is 0 Å². The highest BCUT2D eigenvalue weighted by Crippen LogP contribution is 2.46. The monoisotopic (exact) mass is 741 g/mol. The normalized spacial score (nSPS) is 15.4. The molecule has 48 heavy (non-hydrogen) atoms. The lowest BCUT2D eigenvalue weighted by Crippen LogP contribution is -2.43. The van der Waals surface area contributed by atoms with E-state index in [0.717, 1.165) is 10.3 Å². The number of pyridine rings is 1. The van der Waals surface area contributed by atoms with E-state index >= 15 is 0 Å². The molecule has 12 nitrogen and oxygen atoms in total. The lowest BCUT2D eigenvalue weighted by atomic mass is 10.1. The van der Waals surface area contributed by atoms with Crippen molar-refractivity contribution in [1.82, 2.24) is 29.3 Å². The van der Waals surface area contributed by atoms with Crippen LogP contribution in [0.25, 0.3) is 32.9 Å². The smallest absolute Gasteiger partial charge is 0.365 e. The van der Waals surface area contributed by atoms with Crippen LogP contribution in [0.2, 0.25) is 25.7 Å². The molecule has 0 aliphatic heterocycles. The zero-order valence-electron chi connectivity index (χ0n) is 27.0. The third kappa shape index (κ3) is 6.91. The molecule has 0 radical (unpaired) electrons. The van der Waals surface area contributed by atoms with Crippen molar-refractivity contribution in [1.29, 1.82) is 5.26 Å². The van der Waals surface area contributed by atoms with Crippen LogP contribution in [-0.4, -0.2) is 78.3 Å². The predicted molar refractivity (Wildman–Crippen MR) is 176 cm³/mol. The minimum Gasteiger partial charge on any atom is -0.365 e. The number of hydrogen-bond donors (Lipinski definition) is 0. The maximum absolute atomic E-state index is 14.4. The maximum Gasteiger partial charge on any atom is 0.445 e. The first-order chi connectivity index (χ1) is 22.2. The quantitative estimate of drug-likeness (QED) is 0.0999. The number of rotatable bonds is 12. The van der Waals surface area contributed by atoms with E-state index in [0.29, 0.717) is 25.0 Å². The highest BCUT2D eigenvalue weighted by molar-refractivity contribution is 7.92. The lowest BCUT2D eigenvalue weighted by molar-refractivity contribution is -0.138. The van der Waals surface area contributed by atoms with Crippen LogP contribution in [0, 0.1) is 11.3 Å². The Morgan fingerprint density at radius 3 is 2.33 bits per heavy atom. The van der Waals surface area contributed by atoms with Gasteiger partial charge in [-0.15, -0.1) is 10.2 Å². The van der Waals surface area contributed by atoms with E-state index < -0.39 is 49.9 Å². The Morgan fingerprint density at radius 1 is 1.12 bits per heavy atom. The molecule has 1 fully saturated rings. The molecule has 3 heterocycles. The number of aryl methyl sites for hydroxylation is 1. The van der Waals surface area contributed by atoms with E-state index in [1.807, 2.05) is 0 Å². The Morgan fingerprint density at radius 2 is 1.81 bits per heavy atom. The average molecular weight is 742 g/mol. The van der Waals surface area contributed by atoms with Crippen molar-refractivity contribution >= 4 is 50.2 Å². The number of nitrogens with zero attached hydrogens (tertiary/aromatic N) is 7. The van der Waals surface area contributed by atoms with Gasteiger partial charge in [-0.25, -0.2) is 16.8 Å². The molecule has 1 aliphatic rings. The zero-order valence-corrected chi connectivity index (χ0v) is 30.5. The molecule has 0 atom stereocenters. The highest BCUT2D eigenvalue weighted by Gasteiger charge is 2.54. The molecule has 258 valence electrons. The summed E-state index contributed by atoms with van der Waals surface area (Å²) in [5, 5.41) is 19.4. The largest absolute Gasteiger partial charge is 0.445 e. The average Bonchev–Trinajstić information content (AvgIpc) is 3.47. The van der Waals surface area contributed by atoms with E-state index in [9.17, 15) is 35.3 Å². The zero-order chi connectivity index (χ0) is 35.4. The number of fused-ring (bicyclic) bond motifs is 1. The van der Waals surface area contributed by atoms with Crippen LogP contribution < -0.4 is 0 Å². The minimum absolute atomic E-state index is 0.0353. The van der Waals surface area contributed by atoms with Gasteiger partial charge >= 0.3 is 6.18 Å². The summed E-state index contributed by atoms with van der Waals surface area (Å²) >= 11 is 0.258. The van der Waals surface area contributed by atoms with Gasteiger partial charge in [0.05, 0.1) is 32.3 Å². The second-order valence-electron chi connectivity index (χ2n) is 13.1. The summed E-state index contributed by atoms with van der Waals surface area (Å²) in [6, 6.07) is 8.30. The van der Waals surface area contributed by atoms with Crippen LogP contribution in [-0.2, 0) is 37.8 Å². The molecule has 1 aliphatic carbocycles. The Hall–Kier alpha value is -3.28. The third-order valence-electron chi connectivity index (χ3n) is 7.95. The van der Waals surface area contributed by atoms with Crippen molar-refractivity contribution in [2.45, 2.75) is 79.1 Å². The fourth-order valence-corrected chi connectivity index (χ4v) is 9.07. The Balaban J connectivity index is 1.70. The van der Waals surface area contributed by atoms with E-state index in [-0.39, 0.29) is 55.2 Å². The molecule has 0 unspecified atom stereocenters. The first kappa shape index (κ1) is 36.0. The van der Waals surface area contributed by atoms with Gasteiger partial charge in [-0.05, 0) is 57.0 Å². The number of aromatic nitrogens is 5. The Bertz CT molecular complexity index is 2120. The summed E-state index contributed by atoms with van der Waals surface area (Å²) in [5.74, 6) is 0. The van der Waals surface area contributed by atoms with Crippen molar-refractivity contribution in [2.75, 3.05) is 13.3 Å². The molecule has 1 saturated carbocycles. The number of sulfone groups is 1. The fourth-order valence-electron chi connectivity index (χ4n) is 4.92. The van der Waals surface area contributed by atoms with E-state index in [4.69, 9.17) is 4.74 Å². The molecular formula is C29H34F3N7O5S3Si. The number of ether oxygens (including phenoxy) is 1. The number of alkyl halides is 3. The van der Waals surface area contributed by atoms with Gasteiger partial charge in [-0.2, -0.15) is 27.8 Å². The van der Waals surface area contributed by atoms with Gasteiger partial charge in [0.25, 0.3) is 0 Å². The standard InChI is InChI=1S/C29H34F3N7O5S3Si/c1-18(2)46(40,41)19-7-8-23(34-15-19)21-13-20(47(42,43)39(28(16-33)9-10-28)17-44-11-12-48(4,5)6)14-22-24(37-38(3)25(21)22)26-35-36-27(45-26)29(30,31)32/h7-8,13-15,18H,9-12,17H2,1-6H3. The van der Waals surface area contributed by atoms with Gasteiger partial charge in [0, 0.05) is 38.9 Å². The molecule has 3 aromatic heterocycles. The molecule has 0 amide bonds. The van der Waals surface area contributed by atoms with Gasteiger partial charge in [0.15, 0.2) is 14.8 Å². The summed E-state index contributed by atoms with van der Waals surface area (Å²) < 4.78 is 103. The number of benzene rings is 1. The summed E-state index contributed by atoms with van der Waals surface area (Å²) in [5.41, 5.74) is -0.669. The number of sulfonamides is 1. The molecular weight excluding hydrogens is 708 g/mol. The Labute approximate surface area is 281 Å². The maximum atomic E-state index is 14.4. The van der Waals surface area contributed by atoms with E-state index in [1.165, 1.54) is 56.0 Å². The molecule has 5 rings (SSSR count). The van der Waals surface area contributed by atoms with Crippen molar-refractivity contribution < 1.29 is 34.7 Å². The van der Waals surface area contributed by atoms with Crippen molar-refractivity contribution in [3.8, 4) is 28.0 Å². The highest BCUT2D eigenvalue weighted by atomic mass is 32.2. The number of halogens is 3. The number of hydrogen-bond acceptors (Lipinski definition) is 11. The van der Waals surface area contributed by atoms with Crippen molar-refractivity contribution in [3.63, 3.8) is 0 Å². The second kappa shape index (κ2) is 12.6. The predicted octanol–water partition coefficient (Wildman–Crippen LogP) is 5.71. The summed E-state index contributed by atoms with van der Waals surface area (Å²) in [6.45, 7) is 9.44. The van der Waals surface area contributed by atoms with Gasteiger partial charge in [0.2, 0.25) is 15.0 Å². The fraction of sp³-hybridized carbons (Fsp3) is 0.483. The molecule has 0 spiro atoms. The second-order valence-corrected chi connectivity index (χ2v) is 24.0. The van der Waals surface area contributed by atoms with Crippen LogP contribution in [0.1, 0.15) is 31.7 Å². The third-order valence-corrected chi connectivity index (χ3v) is 14.6. The topological polar surface area (TPSA) is 161 Å². The van der Waals surface area contributed by atoms with Crippen LogP contribution >= 0.6 is 11.3 Å². The molecule has 0 N–H and O–H groups in total. The molecule has 0 saturated heterocycles. The van der Waals surface area contributed by atoms with Gasteiger partial charge < -0.3 is 4.74 Å². The number of nitriles is 1.